The molecule has 1 saturated carbocycles. The molecule has 1 aromatic heterocycles. The second-order valence-corrected chi connectivity index (χ2v) is 8.38. The Bertz CT molecular complexity index is 1060. The number of rotatable bonds is 8. The van der Waals surface area contributed by atoms with Gasteiger partial charge >= 0.3 is 0 Å². The van der Waals surface area contributed by atoms with E-state index in [0.717, 1.165) is 37.0 Å². The summed E-state index contributed by atoms with van der Waals surface area (Å²) in [5.74, 6) is 2.17. The molecule has 0 N–H and O–H groups in total. The Morgan fingerprint density at radius 2 is 1.94 bits per heavy atom. The molecule has 0 spiro atoms. The van der Waals surface area contributed by atoms with E-state index in [-0.39, 0.29) is 11.9 Å². The molecule has 0 bridgehead atoms. The Kier molecular flexibility index (Phi) is 5.45. The van der Waals surface area contributed by atoms with Gasteiger partial charge in [0.25, 0.3) is 0 Å². The van der Waals surface area contributed by atoms with Gasteiger partial charge in [-0.2, -0.15) is 4.98 Å². The summed E-state index contributed by atoms with van der Waals surface area (Å²) in [5, 5.41) is 4.08. The molecule has 0 aliphatic heterocycles. The zero-order valence-corrected chi connectivity index (χ0v) is 17.8. The Morgan fingerprint density at radius 3 is 2.71 bits per heavy atom. The average Bonchev–Trinajstić information content (AvgIpc) is 3.37. The zero-order chi connectivity index (χ0) is 21.2. The lowest BCUT2D eigenvalue weighted by Gasteiger charge is -2.30. The third-order valence-electron chi connectivity index (χ3n) is 6.26. The highest BCUT2D eigenvalue weighted by Gasteiger charge is 2.39. The smallest absolute Gasteiger partial charge is 0.226 e. The van der Waals surface area contributed by atoms with Crippen molar-refractivity contribution in [2.24, 2.45) is 0 Å². The van der Waals surface area contributed by atoms with Crippen molar-refractivity contribution in [2.75, 3.05) is 7.11 Å². The lowest BCUT2D eigenvalue weighted by atomic mass is 10.1. The highest BCUT2D eigenvalue weighted by molar-refractivity contribution is 5.77. The first kappa shape index (κ1) is 19.8. The molecule has 2 aromatic carbocycles. The first-order valence-corrected chi connectivity index (χ1v) is 11.1. The van der Waals surface area contributed by atoms with E-state index in [1.807, 2.05) is 24.3 Å². The molecule has 0 saturated heterocycles. The van der Waals surface area contributed by atoms with Gasteiger partial charge in [-0.15, -0.1) is 0 Å². The predicted octanol–water partition coefficient (Wildman–Crippen LogP) is 4.75. The monoisotopic (exact) mass is 417 g/mol. The van der Waals surface area contributed by atoms with Crippen molar-refractivity contribution in [2.45, 2.75) is 57.0 Å². The van der Waals surface area contributed by atoms with E-state index in [1.165, 1.54) is 11.1 Å². The Hall–Kier alpha value is -3.15. The summed E-state index contributed by atoms with van der Waals surface area (Å²) in [6.07, 6.45) is 6.17. The molecule has 31 heavy (non-hydrogen) atoms. The van der Waals surface area contributed by atoms with Crippen LogP contribution in [-0.4, -0.2) is 34.1 Å². The van der Waals surface area contributed by atoms with Crippen molar-refractivity contribution in [3.8, 4) is 17.1 Å². The maximum absolute atomic E-state index is 13.1. The largest absolute Gasteiger partial charge is 0.497 e. The normalized spacial score (nSPS) is 17.4. The minimum atomic E-state index is 0.237. The van der Waals surface area contributed by atoms with Crippen LogP contribution in [0.2, 0.25) is 0 Å². The van der Waals surface area contributed by atoms with E-state index in [2.05, 4.69) is 39.3 Å². The summed E-state index contributed by atoms with van der Waals surface area (Å²) in [7, 11) is 1.64. The molecule has 2 aliphatic rings. The van der Waals surface area contributed by atoms with Crippen LogP contribution in [0.4, 0.5) is 0 Å². The van der Waals surface area contributed by atoms with Crippen LogP contribution in [0.3, 0.4) is 0 Å². The van der Waals surface area contributed by atoms with E-state index >= 15 is 0 Å². The fraction of sp³-hybridized carbons (Fsp3) is 0.400. The third kappa shape index (κ3) is 4.20. The molecule has 1 fully saturated rings. The fourth-order valence-corrected chi connectivity index (χ4v) is 4.54. The first-order valence-electron chi connectivity index (χ1n) is 11.1. The highest BCUT2D eigenvalue weighted by Crippen LogP contribution is 2.42. The van der Waals surface area contributed by atoms with Crippen LogP contribution in [0, 0.1) is 0 Å². The molecule has 3 aromatic rings. The van der Waals surface area contributed by atoms with E-state index in [4.69, 9.17) is 9.26 Å². The third-order valence-corrected chi connectivity index (χ3v) is 6.26. The van der Waals surface area contributed by atoms with Crippen molar-refractivity contribution >= 4 is 5.91 Å². The standard InChI is InChI=1S/C25H27N3O3/c1-30-20-14-9-18(10-15-20)25-26-23(31-27-25)7-4-8-24(29)28(19-12-13-19)22-16-11-17-5-2-3-6-21(17)22/h2-3,5-6,9-10,14-15,19,22H,4,7-8,11-13,16H2,1H3. The molecule has 1 heterocycles. The van der Waals surface area contributed by atoms with E-state index in [9.17, 15) is 4.79 Å². The van der Waals surface area contributed by atoms with Gasteiger partial charge in [-0.1, -0.05) is 29.4 Å². The lowest BCUT2D eigenvalue weighted by Crippen LogP contribution is -2.35. The van der Waals surface area contributed by atoms with Crippen molar-refractivity contribution in [3.05, 3.63) is 65.5 Å². The number of methoxy groups -OCH3 is 1. The number of aromatic nitrogens is 2. The van der Waals surface area contributed by atoms with Crippen molar-refractivity contribution in [1.29, 1.82) is 0 Å². The minimum absolute atomic E-state index is 0.237. The zero-order valence-electron chi connectivity index (χ0n) is 17.8. The van der Waals surface area contributed by atoms with E-state index in [1.54, 1.807) is 7.11 Å². The number of benzene rings is 2. The van der Waals surface area contributed by atoms with Gasteiger partial charge in [-0.05, 0) is 67.5 Å². The van der Waals surface area contributed by atoms with Gasteiger partial charge in [0.2, 0.25) is 17.6 Å². The lowest BCUT2D eigenvalue weighted by molar-refractivity contribution is -0.134. The Labute approximate surface area is 182 Å². The number of ether oxygens (including phenoxy) is 1. The Morgan fingerprint density at radius 1 is 1.13 bits per heavy atom. The molecule has 2 aliphatic carbocycles. The van der Waals surface area contributed by atoms with Crippen LogP contribution < -0.4 is 4.74 Å². The van der Waals surface area contributed by atoms with Crippen molar-refractivity contribution in [1.82, 2.24) is 15.0 Å². The molecule has 1 atom stereocenters. The molecule has 160 valence electrons. The molecule has 6 heteroatoms. The highest BCUT2D eigenvalue weighted by atomic mass is 16.5. The number of fused-ring (bicyclic) bond motifs is 1. The summed E-state index contributed by atoms with van der Waals surface area (Å²) in [4.78, 5) is 19.8. The average molecular weight is 418 g/mol. The number of amides is 1. The summed E-state index contributed by atoms with van der Waals surface area (Å²) >= 11 is 0. The van der Waals surface area contributed by atoms with Gasteiger partial charge in [0, 0.05) is 24.4 Å². The number of carbonyl (C=O) groups is 1. The molecule has 5 rings (SSSR count). The van der Waals surface area contributed by atoms with Crippen LogP contribution in [0.1, 0.15) is 55.2 Å². The number of hydrogen-bond donors (Lipinski definition) is 0. The second-order valence-electron chi connectivity index (χ2n) is 8.38. The number of hydrogen-bond acceptors (Lipinski definition) is 5. The predicted molar refractivity (Wildman–Crippen MR) is 117 cm³/mol. The fourth-order valence-electron chi connectivity index (χ4n) is 4.54. The van der Waals surface area contributed by atoms with E-state index < -0.39 is 0 Å². The van der Waals surface area contributed by atoms with Gasteiger partial charge in [0.05, 0.1) is 13.2 Å². The molecule has 0 radical (unpaired) electrons. The summed E-state index contributed by atoms with van der Waals surface area (Å²) in [6.45, 7) is 0. The van der Waals surface area contributed by atoms with E-state index in [0.29, 0.717) is 37.0 Å². The Balaban J connectivity index is 1.19. The van der Waals surface area contributed by atoms with Crippen molar-refractivity contribution < 1.29 is 14.1 Å². The van der Waals surface area contributed by atoms with Gasteiger partial charge in [0.1, 0.15) is 5.75 Å². The number of aryl methyl sites for hydroxylation is 2. The molecule has 1 unspecified atom stereocenters. The van der Waals surface area contributed by atoms with Crippen LogP contribution in [-0.2, 0) is 17.6 Å². The second kappa shape index (κ2) is 8.53. The molecule has 1 amide bonds. The van der Waals surface area contributed by atoms with Crippen LogP contribution in [0.5, 0.6) is 5.75 Å². The summed E-state index contributed by atoms with van der Waals surface area (Å²) < 4.78 is 10.6. The minimum Gasteiger partial charge on any atom is -0.497 e. The number of nitrogens with zero attached hydrogens (tertiary/aromatic N) is 3. The van der Waals surface area contributed by atoms with Crippen LogP contribution in [0.15, 0.2) is 53.1 Å². The number of carbonyl (C=O) groups excluding carboxylic acids is 1. The van der Waals surface area contributed by atoms with Crippen LogP contribution >= 0.6 is 0 Å². The molecule has 6 nitrogen and oxygen atoms in total. The summed E-state index contributed by atoms with van der Waals surface area (Å²) in [6, 6.07) is 16.8. The quantitative estimate of drug-likeness (QED) is 0.529. The molecular formula is C25H27N3O3. The van der Waals surface area contributed by atoms with Crippen molar-refractivity contribution in [3.63, 3.8) is 0 Å². The van der Waals surface area contributed by atoms with Crippen LogP contribution in [0.25, 0.3) is 11.4 Å². The summed E-state index contributed by atoms with van der Waals surface area (Å²) in [5.41, 5.74) is 3.61. The van der Waals surface area contributed by atoms with Gasteiger partial charge in [0.15, 0.2) is 0 Å². The SMILES string of the molecule is COc1ccc(-c2noc(CCCC(=O)N(C3CC3)C3CCc4ccccc43)n2)cc1. The van der Waals surface area contributed by atoms with Gasteiger partial charge in [-0.3, -0.25) is 4.79 Å². The van der Waals surface area contributed by atoms with Gasteiger partial charge in [-0.25, -0.2) is 0 Å². The van der Waals surface area contributed by atoms with Gasteiger partial charge < -0.3 is 14.2 Å². The maximum atomic E-state index is 13.1. The molecular weight excluding hydrogens is 390 g/mol. The topological polar surface area (TPSA) is 68.5 Å². The maximum Gasteiger partial charge on any atom is 0.226 e. The first-order chi connectivity index (χ1) is 15.2.